The molecule has 1 aromatic carbocycles. The monoisotopic (exact) mass is 339 g/mol. The molecular formula is C15H22BrN3O. The first-order valence-corrected chi connectivity index (χ1v) is 7.88. The van der Waals surface area contributed by atoms with Crippen molar-refractivity contribution >= 4 is 27.5 Å². The van der Waals surface area contributed by atoms with Crippen molar-refractivity contribution < 1.29 is 4.79 Å². The molecule has 0 aromatic heterocycles. The molecule has 1 aliphatic rings. The van der Waals surface area contributed by atoms with Crippen LogP contribution in [0.1, 0.15) is 31.9 Å². The molecule has 0 bridgehead atoms. The predicted octanol–water partition coefficient (Wildman–Crippen LogP) is 2.44. The summed E-state index contributed by atoms with van der Waals surface area (Å²) < 4.78 is 1.06. The van der Waals surface area contributed by atoms with E-state index in [9.17, 15) is 4.79 Å². The molecule has 0 radical (unpaired) electrons. The highest BCUT2D eigenvalue weighted by Gasteiger charge is 2.30. The lowest BCUT2D eigenvalue weighted by Crippen LogP contribution is -2.55. The SMILES string of the molecule is CCC1C(=O)NCCN1c1ccc(Br)cc1C(C)NC. The Bertz CT molecular complexity index is 492. The van der Waals surface area contributed by atoms with Crippen molar-refractivity contribution in [3.05, 3.63) is 28.2 Å². The lowest BCUT2D eigenvalue weighted by atomic mass is 10.0. The molecule has 2 N–H and O–H groups in total. The first-order chi connectivity index (χ1) is 9.58. The molecule has 110 valence electrons. The number of nitrogens with one attached hydrogen (secondary N) is 2. The van der Waals surface area contributed by atoms with E-state index in [-0.39, 0.29) is 18.0 Å². The maximum atomic E-state index is 12.0. The smallest absolute Gasteiger partial charge is 0.242 e. The van der Waals surface area contributed by atoms with E-state index in [0.717, 1.165) is 23.1 Å². The summed E-state index contributed by atoms with van der Waals surface area (Å²) >= 11 is 3.54. The molecule has 5 heteroatoms. The van der Waals surface area contributed by atoms with Crippen LogP contribution in [0.4, 0.5) is 5.69 Å². The summed E-state index contributed by atoms with van der Waals surface area (Å²) in [5, 5.41) is 6.24. The largest absolute Gasteiger partial charge is 0.357 e. The highest BCUT2D eigenvalue weighted by atomic mass is 79.9. The third-order valence-electron chi connectivity index (χ3n) is 3.92. The van der Waals surface area contributed by atoms with E-state index in [1.165, 1.54) is 5.56 Å². The first-order valence-electron chi connectivity index (χ1n) is 7.09. The quantitative estimate of drug-likeness (QED) is 0.885. The zero-order valence-electron chi connectivity index (χ0n) is 12.2. The molecule has 1 saturated heterocycles. The average Bonchev–Trinajstić information content (AvgIpc) is 2.46. The van der Waals surface area contributed by atoms with Gasteiger partial charge in [-0.1, -0.05) is 22.9 Å². The van der Waals surface area contributed by atoms with E-state index >= 15 is 0 Å². The fourth-order valence-electron chi connectivity index (χ4n) is 2.70. The molecule has 2 rings (SSSR count). The second-order valence-electron chi connectivity index (χ2n) is 5.12. The van der Waals surface area contributed by atoms with Gasteiger partial charge in [-0.05, 0) is 44.2 Å². The Morgan fingerprint density at radius 1 is 1.55 bits per heavy atom. The number of piperazine rings is 1. The van der Waals surface area contributed by atoms with Crippen LogP contribution in [0.15, 0.2) is 22.7 Å². The summed E-state index contributed by atoms with van der Waals surface area (Å²) in [5.41, 5.74) is 2.37. The number of carbonyl (C=O) groups excluding carboxylic acids is 1. The van der Waals surface area contributed by atoms with Gasteiger partial charge in [-0.15, -0.1) is 0 Å². The van der Waals surface area contributed by atoms with Crippen LogP contribution in [-0.4, -0.2) is 32.1 Å². The summed E-state index contributed by atoms with van der Waals surface area (Å²) in [4.78, 5) is 14.3. The van der Waals surface area contributed by atoms with E-state index in [2.05, 4.69) is 57.4 Å². The van der Waals surface area contributed by atoms with E-state index < -0.39 is 0 Å². The molecule has 1 amide bonds. The van der Waals surface area contributed by atoms with Gasteiger partial charge < -0.3 is 15.5 Å². The van der Waals surface area contributed by atoms with Crippen LogP contribution in [0.5, 0.6) is 0 Å². The zero-order chi connectivity index (χ0) is 14.7. The van der Waals surface area contributed by atoms with Gasteiger partial charge in [-0.25, -0.2) is 0 Å². The maximum absolute atomic E-state index is 12.0. The number of carbonyl (C=O) groups is 1. The number of amides is 1. The van der Waals surface area contributed by atoms with Gasteiger partial charge in [0.15, 0.2) is 0 Å². The van der Waals surface area contributed by atoms with Crippen molar-refractivity contribution in [3.63, 3.8) is 0 Å². The van der Waals surface area contributed by atoms with Gasteiger partial charge in [-0.3, -0.25) is 4.79 Å². The molecule has 2 atom stereocenters. The van der Waals surface area contributed by atoms with E-state index in [4.69, 9.17) is 0 Å². The van der Waals surface area contributed by atoms with E-state index in [1.54, 1.807) is 0 Å². The molecule has 0 aliphatic carbocycles. The van der Waals surface area contributed by atoms with Crippen LogP contribution in [-0.2, 0) is 4.79 Å². The van der Waals surface area contributed by atoms with Crippen molar-refractivity contribution in [2.24, 2.45) is 0 Å². The fraction of sp³-hybridized carbons (Fsp3) is 0.533. The lowest BCUT2D eigenvalue weighted by molar-refractivity contribution is -0.123. The molecule has 1 aliphatic heterocycles. The molecule has 1 fully saturated rings. The standard InChI is InChI=1S/C15H22BrN3O/c1-4-13-15(20)18-7-8-19(13)14-6-5-11(16)9-12(14)10(2)17-3/h5-6,9-10,13,17H,4,7-8H2,1-3H3,(H,18,20). The summed E-state index contributed by atoms with van der Waals surface area (Å²) in [6.07, 6.45) is 0.815. The highest BCUT2D eigenvalue weighted by molar-refractivity contribution is 9.10. The van der Waals surface area contributed by atoms with Gasteiger partial charge in [0.05, 0.1) is 0 Å². The van der Waals surface area contributed by atoms with E-state index in [1.807, 2.05) is 13.1 Å². The summed E-state index contributed by atoms with van der Waals surface area (Å²) in [6.45, 7) is 5.76. The second kappa shape index (κ2) is 6.59. The second-order valence-corrected chi connectivity index (χ2v) is 6.04. The number of anilines is 1. The van der Waals surface area contributed by atoms with Gasteiger partial charge in [0.25, 0.3) is 0 Å². The minimum Gasteiger partial charge on any atom is -0.357 e. The van der Waals surface area contributed by atoms with Gasteiger partial charge >= 0.3 is 0 Å². The van der Waals surface area contributed by atoms with Gasteiger partial charge in [0.2, 0.25) is 5.91 Å². The topological polar surface area (TPSA) is 44.4 Å². The van der Waals surface area contributed by atoms with Crippen molar-refractivity contribution in [3.8, 4) is 0 Å². The number of halogens is 1. The maximum Gasteiger partial charge on any atom is 0.242 e. The fourth-order valence-corrected chi connectivity index (χ4v) is 3.08. The number of hydrogen-bond donors (Lipinski definition) is 2. The molecule has 1 heterocycles. The van der Waals surface area contributed by atoms with Crippen molar-refractivity contribution in [1.82, 2.24) is 10.6 Å². The number of benzene rings is 1. The highest BCUT2D eigenvalue weighted by Crippen LogP contribution is 2.31. The first kappa shape index (κ1) is 15.3. The number of nitrogens with zero attached hydrogens (tertiary/aromatic N) is 1. The molecule has 4 nitrogen and oxygen atoms in total. The third-order valence-corrected chi connectivity index (χ3v) is 4.41. The van der Waals surface area contributed by atoms with Crippen LogP contribution in [0.2, 0.25) is 0 Å². The van der Waals surface area contributed by atoms with Gasteiger partial charge in [0, 0.05) is 29.3 Å². The lowest BCUT2D eigenvalue weighted by Gasteiger charge is -2.38. The normalized spacial score (nSPS) is 20.7. The van der Waals surface area contributed by atoms with Crippen LogP contribution in [0, 0.1) is 0 Å². The van der Waals surface area contributed by atoms with Crippen molar-refractivity contribution in [1.29, 1.82) is 0 Å². The van der Waals surface area contributed by atoms with Gasteiger partial charge in [-0.2, -0.15) is 0 Å². The summed E-state index contributed by atoms with van der Waals surface area (Å²) in [5.74, 6) is 0.129. The number of rotatable bonds is 4. The third kappa shape index (κ3) is 2.99. The van der Waals surface area contributed by atoms with E-state index in [0.29, 0.717) is 6.54 Å². The van der Waals surface area contributed by atoms with Crippen LogP contribution in [0.3, 0.4) is 0 Å². The molecule has 2 unspecified atom stereocenters. The molecule has 1 aromatic rings. The average molecular weight is 340 g/mol. The zero-order valence-corrected chi connectivity index (χ0v) is 13.8. The Labute approximate surface area is 129 Å². The van der Waals surface area contributed by atoms with Crippen molar-refractivity contribution in [2.45, 2.75) is 32.4 Å². The predicted molar refractivity (Wildman–Crippen MR) is 86.1 cm³/mol. The van der Waals surface area contributed by atoms with Crippen LogP contribution in [0.25, 0.3) is 0 Å². The Morgan fingerprint density at radius 2 is 2.30 bits per heavy atom. The minimum atomic E-state index is -0.0762. The molecule has 20 heavy (non-hydrogen) atoms. The Kier molecular flexibility index (Phi) is 5.05. The van der Waals surface area contributed by atoms with Crippen LogP contribution >= 0.6 is 15.9 Å². The Hall–Kier alpha value is -1.07. The Morgan fingerprint density at radius 3 is 2.95 bits per heavy atom. The molecule has 0 spiro atoms. The van der Waals surface area contributed by atoms with Crippen molar-refractivity contribution in [2.75, 3.05) is 25.0 Å². The Balaban J connectivity index is 2.42. The van der Waals surface area contributed by atoms with Gasteiger partial charge in [0.1, 0.15) is 6.04 Å². The summed E-state index contributed by atoms with van der Waals surface area (Å²) in [6, 6.07) is 6.45. The van der Waals surface area contributed by atoms with Crippen LogP contribution < -0.4 is 15.5 Å². The minimum absolute atomic E-state index is 0.0762. The molecule has 0 saturated carbocycles. The molecular weight excluding hydrogens is 318 g/mol. The number of hydrogen-bond acceptors (Lipinski definition) is 3. The summed E-state index contributed by atoms with van der Waals surface area (Å²) in [7, 11) is 1.95.